The summed E-state index contributed by atoms with van der Waals surface area (Å²) in [6, 6.07) is 3.75. The molecule has 1 rings (SSSR count). The van der Waals surface area contributed by atoms with Crippen LogP contribution in [0.15, 0.2) is 18.3 Å². The van der Waals surface area contributed by atoms with E-state index in [9.17, 15) is 4.79 Å². The van der Waals surface area contributed by atoms with Crippen LogP contribution in [-0.4, -0.2) is 25.0 Å². The number of carbonyl (C=O) groups excluding carboxylic acids is 1. The molecule has 1 aromatic rings. The number of rotatable bonds is 5. The monoisotopic (exact) mass is 221 g/mol. The van der Waals surface area contributed by atoms with Gasteiger partial charge in [-0.1, -0.05) is 13.3 Å². The molecule has 0 aliphatic rings. The lowest BCUT2D eigenvalue weighted by atomic mass is 10.2. The molecule has 4 nitrogen and oxygen atoms in total. The molecule has 0 atom stereocenters. The maximum absolute atomic E-state index is 11.4. The summed E-state index contributed by atoms with van der Waals surface area (Å²) in [7, 11) is 3.91. The Morgan fingerprint density at radius 2 is 2.19 bits per heavy atom. The Hall–Kier alpha value is -1.58. The minimum Gasteiger partial charge on any atom is -0.376 e. The van der Waals surface area contributed by atoms with Gasteiger partial charge in [-0.2, -0.15) is 0 Å². The summed E-state index contributed by atoms with van der Waals surface area (Å²) in [5.41, 5.74) is 1.02. The molecule has 4 heteroatoms. The molecule has 0 saturated carbocycles. The maximum Gasteiger partial charge on any atom is 0.225 e. The lowest BCUT2D eigenvalue weighted by Gasteiger charge is -2.12. The highest BCUT2D eigenvalue weighted by Crippen LogP contribution is 2.12. The molecule has 0 saturated heterocycles. The normalized spacial score (nSPS) is 9.94. The van der Waals surface area contributed by atoms with E-state index in [2.05, 4.69) is 17.2 Å². The molecular weight excluding hydrogens is 202 g/mol. The van der Waals surface area contributed by atoms with Gasteiger partial charge in [-0.15, -0.1) is 0 Å². The number of nitrogens with one attached hydrogen (secondary N) is 1. The second-order valence-electron chi connectivity index (χ2n) is 3.95. The third-order valence-electron chi connectivity index (χ3n) is 2.29. The summed E-state index contributed by atoms with van der Waals surface area (Å²) in [4.78, 5) is 17.6. The molecule has 0 bridgehead atoms. The first-order chi connectivity index (χ1) is 7.63. The standard InChI is InChI=1S/C12H19N3O/c1-4-5-6-12(16)14-11-8-7-10(9-13-11)15(2)3/h7-9H,4-6H2,1-3H3,(H,13,14,16). The van der Waals surface area contributed by atoms with Crippen molar-refractivity contribution in [3.63, 3.8) is 0 Å². The number of carbonyl (C=O) groups is 1. The largest absolute Gasteiger partial charge is 0.376 e. The van der Waals surface area contributed by atoms with Gasteiger partial charge < -0.3 is 10.2 Å². The molecule has 0 spiro atoms. The summed E-state index contributed by atoms with van der Waals surface area (Å²) in [5.74, 6) is 0.652. The van der Waals surface area contributed by atoms with Crippen molar-refractivity contribution in [3.05, 3.63) is 18.3 Å². The molecule has 1 heterocycles. The van der Waals surface area contributed by atoms with Crippen LogP contribution in [0.25, 0.3) is 0 Å². The molecule has 1 amide bonds. The molecule has 0 aliphatic heterocycles. The third kappa shape index (κ3) is 3.88. The van der Waals surface area contributed by atoms with E-state index >= 15 is 0 Å². The topological polar surface area (TPSA) is 45.2 Å². The highest BCUT2D eigenvalue weighted by molar-refractivity contribution is 5.89. The van der Waals surface area contributed by atoms with E-state index in [1.165, 1.54) is 0 Å². The summed E-state index contributed by atoms with van der Waals surface area (Å²) in [6.45, 7) is 2.07. The van der Waals surface area contributed by atoms with E-state index < -0.39 is 0 Å². The van der Waals surface area contributed by atoms with Gasteiger partial charge in [-0.25, -0.2) is 4.98 Å². The minimum absolute atomic E-state index is 0.0342. The van der Waals surface area contributed by atoms with E-state index in [1.54, 1.807) is 6.20 Å². The Morgan fingerprint density at radius 1 is 1.44 bits per heavy atom. The number of hydrogen-bond acceptors (Lipinski definition) is 3. The number of hydrogen-bond donors (Lipinski definition) is 1. The summed E-state index contributed by atoms with van der Waals surface area (Å²) >= 11 is 0. The zero-order valence-electron chi connectivity index (χ0n) is 10.2. The van der Waals surface area contributed by atoms with E-state index in [1.807, 2.05) is 31.1 Å². The van der Waals surface area contributed by atoms with Crippen LogP contribution in [-0.2, 0) is 4.79 Å². The van der Waals surface area contributed by atoms with Gasteiger partial charge >= 0.3 is 0 Å². The minimum atomic E-state index is 0.0342. The fourth-order valence-corrected chi connectivity index (χ4v) is 1.27. The van der Waals surface area contributed by atoms with Gasteiger partial charge in [0, 0.05) is 20.5 Å². The Balaban J connectivity index is 2.51. The molecule has 1 N–H and O–H groups in total. The number of unbranched alkanes of at least 4 members (excludes halogenated alkanes) is 1. The smallest absolute Gasteiger partial charge is 0.225 e. The highest BCUT2D eigenvalue weighted by atomic mass is 16.1. The van der Waals surface area contributed by atoms with Crippen molar-refractivity contribution in [3.8, 4) is 0 Å². The first-order valence-corrected chi connectivity index (χ1v) is 5.56. The van der Waals surface area contributed by atoms with Crippen molar-refractivity contribution in [1.82, 2.24) is 4.98 Å². The number of anilines is 2. The lowest BCUT2D eigenvalue weighted by Crippen LogP contribution is -2.13. The predicted octanol–water partition coefficient (Wildman–Crippen LogP) is 2.28. The Bertz CT molecular complexity index is 333. The second kappa shape index (κ2) is 6.10. The van der Waals surface area contributed by atoms with E-state index in [4.69, 9.17) is 0 Å². The van der Waals surface area contributed by atoms with Crippen LogP contribution >= 0.6 is 0 Å². The quantitative estimate of drug-likeness (QED) is 0.829. The van der Waals surface area contributed by atoms with Crippen LogP contribution in [0.3, 0.4) is 0 Å². The molecular formula is C12H19N3O. The van der Waals surface area contributed by atoms with Gasteiger partial charge in [-0.05, 0) is 18.6 Å². The molecule has 0 aromatic carbocycles. The number of nitrogens with zero attached hydrogens (tertiary/aromatic N) is 2. The zero-order chi connectivity index (χ0) is 12.0. The first kappa shape index (κ1) is 12.5. The van der Waals surface area contributed by atoms with Crippen molar-refractivity contribution >= 4 is 17.4 Å². The van der Waals surface area contributed by atoms with Gasteiger partial charge in [0.2, 0.25) is 5.91 Å². The number of aromatic nitrogens is 1. The van der Waals surface area contributed by atoms with Gasteiger partial charge in [0.25, 0.3) is 0 Å². The molecule has 16 heavy (non-hydrogen) atoms. The third-order valence-corrected chi connectivity index (χ3v) is 2.29. The van der Waals surface area contributed by atoms with E-state index in [0.29, 0.717) is 12.2 Å². The fourth-order valence-electron chi connectivity index (χ4n) is 1.27. The fraction of sp³-hybridized carbons (Fsp3) is 0.500. The maximum atomic E-state index is 11.4. The Kier molecular flexibility index (Phi) is 4.76. The highest BCUT2D eigenvalue weighted by Gasteiger charge is 2.02. The van der Waals surface area contributed by atoms with E-state index in [0.717, 1.165) is 18.5 Å². The van der Waals surface area contributed by atoms with Crippen molar-refractivity contribution < 1.29 is 4.79 Å². The first-order valence-electron chi connectivity index (χ1n) is 5.56. The van der Waals surface area contributed by atoms with Crippen LogP contribution in [0, 0.1) is 0 Å². The number of amides is 1. The second-order valence-corrected chi connectivity index (χ2v) is 3.95. The van der Waals surface area contributed by atoms with Crippen molar-refractivity contribution in [2.75, 3.05) is 24.3 Å². The predicted molar refractivity (Wildman–Crippen MR) is 66.7 cm³/mol. The summed E-state index contributed by atoms with van der Waals surface area (Å²) in [5, 5.41) is 2.77. The van der Waals surface area contributed by atoms with Crippen LogP contribution in [0.5, 0.6) is 0 Å². The number of pyridine rings is 1. The Morgan fingerprint density at radius 3 is 2.69 bits per heavy atom. The summed E-state index contributed by atoms with van der Waals surface area (Å²) < 4.78 is 0. The van der Waals surface area contributed by atoms with Crippen LogP contribution in [0.2, 0.25) is 0 Å². The molecule has 0 aliphatic carbocycles. The summed E-state index contributed by atoms with van der Waals surface area (Å²) in [6.07, 6.45) is 4.26. The molecule has 0 fully saturated rings. The van der Waals surface area contributed by atoms with Crippen LogP contribution in [0.1, 0.15) is 26.2 Å². The van der Waals surface area contributed by atoms with Crippen LogP contribution in [0.4, 0.5) is 11.5 Å². The van der Waals surface area contributed by atoms with Crippen molar-refractivity contribution in [2.24, 2.45) is 0 Å². The molecule has 1 aromatic heterocycles. The van der Waals surface area contributed by atoms with Gasteiger partial charge in [0.05, 0.1) is 11.9 Å². The zero-order valence-corrected chi connectivity index (χ0v) is 10.2. The van der Waals surface area contributed by atoms with Crippen molar-refractivity contribution in [2.45, 2.75) is 26.2 Å². The van der Waals surface area contributed by atoms with Crippen molar-refractivity contribution in [1.29, 1.82) is 0 Å². The molecule has 88 valence electrons. The molecule has 0 radical (unpaired) electrons. The van der Waals surface area contributed by atoms with Gasteiger partial charge in [0.15, 0.2) is 0 Å². The van der Waals surface area contributed by atoms with Crippen LogP contribution < -0.4 is 10.2 Å². The average Bonchev–Trinajstić information content (AvgIpc) is 2.27. The SMILES string of the molecule is CCCCC(=O)Nc1ccc(N(C)C)cn1. The van der Waals surface area contributed by atoms with Gasteiger partial charge in [-0.3, -0.25) is 4.79 Å². The lowest BCUT2D eigenvalue weighted by molar-refractivity contribution is -0.116. The molecule has 0 unspecified atom stereocenters. The van der Waals surface area contributed by atoms with E-state index in [-0.39, 0.29) is 5.91 Å². The van der Waals surface area contributed by atoms with Gasteiger partial charge in [0.1, 0.15) is 5.82 Å². The average molecular weight is 221 g/mol. The Labute approximate surface area is 96.7 Å².